The molecule has 0 spiro atoms. The fourth-order valence-electron chi connectivity index (χ4n) is 3.37. The maximum atomic E-state index is 8.63. The van der Waals surface area contributed by atoms with Gasteiger partial charge in [-0.3, -0.25) is 0 Å². The number of phenolic OH excluding ortho intramolecular Hbond substituents is 1. The molecule has 0 aliphatic carbocycles. The van der Waals surface area contributed by atoms with Crippen LogP contribution in [0.25, 0.3) is 46.4 Å². The van der Waals surface area contributed by atoms with E-state index in [1.807, 2.05) is 54.6 Å². The summed E-state index contributed by atoms with van der Waals surface area (Å²) in [6.45, 7) is 0. The minimum absolute atomic E-state index is 0. The zero-order valence-electron chi connectivity index (χ0n) is 17.0. The summed E-state index contributed by atoms with van der Waals surface area (Å²) < 4.78 is 0. The van der Waals surface area contributed by atoms with Crippen LogP contribution in [0.1, 0.15) is 22.8 Å². The van der Waals surface area contributed by atoms with E-state index in [4.69, 9.17) is 5.11 Å². The molecule has 6 rings (SSSR count). The first-order valence-electron chi connectivity index (χ1n) is 9.98. The van der Waals surface area contributed by atoms with Gasteiger partial charge in [-0.05, 0) is 85.0 Å². The molecule has 4 aromatic rings. The Labute approximate surface area is 199 Å². The molecular weight excluding hydrogens is 579 g/mol. The number of aromatic amines is 2. The normalized spacial score (nSPS) is 11.4. The summed E-state index contributed by atoms with van der Waals surface area (Å²) in [5.41, 5.74) is 7.86. The Hall–Kier alpha value is -3.69. The number of aromatic nitrogens is 4. The second-order valence-corrected chi connectivity index (χ2v) is 7.24. The first-order chi connectivity index (χ1) is 15.2. The number of benzene rings is 1. The summed E-state index contributed by atoms with van der Waals surface area (Å²) in [4.78, 5) is 16.0. The van der Waals surface area contributed by atoms with Crippen molar-refractivity contribution in [3.8, 4) is 5.75 Å². The van der Waals surface area contributed by atoms with Gasteiger partial charge in [0.25, 0.3) is 0 Å². The second-order valence-electron chi connectivity index (χ2n) is 7.24. The summed E-state index contributed by atoms with van der Waals surface area (Å²) in [7, 11) is 0. The van der Waals surface area contributed by atoms with Gasteiger partial charge in [-0.25, -0.2) is 9.97 Å². The van der Waals surface area contributed by atoms with Gasteiger partial charge in [-0.15, -0.1) is 0 Å². The molecule has 32 heavy (non-hydrogen) atoms. The standard InChI is InChI=1S/C20H14N4.C6H6O.Pt/c1-2-14-10-16-5-6-18(23-16)12-20-8-7-19(24-20)11-17-4-3-15(22-17)9-13(1)21-14;7-6-4-2-1-3-5-6;/h1-12,21,24H;1-5,7H;. The number of phenols is 1. The van der Waals surface area contributed by atoms with Gasteiger partial charge in [0.05, 0.1) is 22.8 Å². The van der Waals surface area contributed by atoms with Crippen molar-refractivity contribution in [1.82, 2.24) is 19.9 Å². The number of rotatable bonds is 0. The number of fused-ring (bicyclic) bond motifs is 8. The number of aromatic hydroxyl groups is 1. The molecule has 3 aromatic heterocycles. The van der Waals surface area contributed by atoms with E-state index in [2.05, 4.69) is 44.2 Å². The number of hydrogen-bond donors (Lipinski definition) is 3. The zero-order chi connectivity index (χ0) is 21.0. The number of hydrogen-bond acceptors (Lipinski definition) is 3. The van der Waals surface area contributed by atoms with Gasteiger partial charge in [-0.1, -0.05) is 18.2 Å². The molecule has 3 N–H and O–H groups in total. The Morgan fingerprint density at radius 2 is 0.844 bits per heavy atom. The third-order valence-electron chi connectivity index (χ3n) is 4.80. The largest absolute Gasteiger partial charge is 0.508 e. The maximum Gasteiger partial charge on any atom is 0.115 e. The SMILES string of the molecule is C1=Cc2cc3ccc(cc4nc(cc5ccc(cc1n2)[nH]5)C=C4)[nH]3.Oc1ccccc1.[Pt]. The van der Waals surface area contributed by atoms with Gasteiger partial charge >= 0.3 is 0 Å². The van der Waals surface area contributed by atoms with Crippen LogP contribution in [0.4, 0.5) is 0 Å². The topological polar surface area (TPSA) is 77.6 Å². The van der Waals surface area contributed by atoms with Crippen LogP contribution in [0.3, 0.4) is 0 Å². The number of para-hydroxylation sites is 1. The van der Waals surface area contributed by atoms with Crippen molar-refractivity contribution in [2.75, 3.05) is 0 Å². The van der Waals surface area contributed by atoms with Gasteiger partial charge in [0.1, 0.15) is 5.75 Å². The third kappa shape index (κ3) is 5.31. The molecule has 2 aliphatic rings. The first-order valence-corrected chi connectivity index (χ1v) is 9.98. The van der Waals surface area contributed by atoms with Crippen LogP contribution in [0.15, 0.2) is 78.9 Å². The van der Waals surface area contributed by atoms with E-state index in [9.17, 15) is 0 Å². The second kappa shape index (κ2) is 9.63. The minimum Gasteiger partial charge on any atom is -0.508 e. The van der Waals surface area contributed by atoms with E-state index >= 15 is 0 Å². The van der Waals surface area contributed by atoms with Gasteiger partial charge in [0.15, 0.2) is 0 Å². The fraction of sp³-hybridized carbons (Fsp3) is 0. The van der Waals surface area contributed by atoms with Crippen molar-refractivity contribution in [3.05, 3.63) is 102 Å². The summed E-state index contributed by atoms with van der Waals surface area (Å²) in [5.74, 6) is 0.322. The van der Waals surface area contributed by atoms with E-state index in [1.165, 1.54) is 0 Å². The molecule has 0 amide bonds. The van der Waals surface area contributed by atoms with Crippen molar-refractivity contribution in [1.29, 1.82) is 0 Å². The van der Waals surface area contributed by atoms with Crippen molar-refractivity contribution in [2.24, 2.45) is 0 Å². The van der Waals surface area contributed by atoms with Crippen molar-refractivity contribution in [3.63, 3.8) is 0 Å². The van der Waals surface area contributed by atoms with Gasteiger partial charge in [0.2, 0.25) is 0 Å². The van der Waals surface area contributed by atoms with Crippen LogP contribution < -0.4 is 0 Å². The third-order valence-corrected chi connectivity index (χ3v) is 4.80. The zero-order valence-corrected chi connectivity index (χ0v) is 19.2. The summed E-state index contributed by atoms with van der Waals surface area (Å²) in [6, 6.07) is 25.1. The van der Waals surface area contributed by atoms with Crippen molar-refractivity contribution in [2.45, 2.75) is 0 Å². The molecule has 6 heteroatoms. The van der Waals surface area contributed by atoms with Gasteiger partial charge < -0.3 is 15.1 Å². The van der Waals surface area contributed by atoms with E-state index in [-0.39, 0.29) is 21.1 Å². The molecule has 2 aliphatic heterocycles. The predicted octanol–water partition coefficient (Wildman–Crippen LogP) is 6.05. The Bertz CT molecular complexity index is 1270. The Morgan fingerprint density at radius 3 is 1.12 bits per heavy atom. The molecule has 8 bridgehead atoms. The molecule has 0 saturated carbocycles. The number of nitrogens with zero attached hydrogens (tertiary/aromatic N) is 2. The van der Waals surface area contributed by atoms with Gasteiger partial charge in [-0.2, -0.15) is 0 Å². The van der Waals surface area contributed by atoms with Crippen molar-refractivity contribution >= 4 is 46.4 Å². The molecule has 1 aromatic carbocycles. The molecule has 0 atom stereocenters. The van der Waals surface area contributed by atoms with Gasteiger partial charge in [0, 0.05) is 43.1 Å². The van der Waals surface area contributed by atoms with E-state index in [0.29, 0.717) is 5.75 Å². The van der Waals surface area contributed by atoms with Crippen LogP contribution >= 0.6 is 0 Å². The van der Waals surface area contributed by atoms with Crippen molar-refractivity contribution < 1.29 is 26.2 Å². The molecule has 0 saturated heterocycles. The molecule has 5 nitrogen and oxygen atoms in total. The average molecular weight is 600 g/mol. The summed E-state index contributed by atoms with van der Waals surface area (Å²) in [5, 5.41) is 8.63. The fourth-order valence-corrected chi connectivity index (χ4v) is 3.37. The minimum atomic E-state index is 0. The Kier molecular flexibility index (Phi) is 6.48. The van der Waals surface area contributed by atoms with Crippen LogP contribution in [-0.4, -0.2) is 25.0 Å². The summed E-state index contributed by atoms with van der Waals surface area (Å²) in [6.07, 6.45) is 8.09. The average Bonchev–Trinajstić information content (AvgIpc) is 3.55. The van der Waals surface area contributed by atoms with Crippen LogP contribution in [-0.2, 0) is 21.1 Å². The molecule has 0 fully saturated rings. The molecule has 5 heterocycles. The molecule has 160 valence electrons. The van der Waals surface area contributed by atoms with E-state index < -0.39 is 0 Å². The maximum absolute atomic E-state index is 8.63. The van der Waals surface area contributed by atoms with E-state index in [1.54, 1.807) is 24.3 Å². The van der Waals surface area contributed by atoms with Crippen LogP contribution in [0.5, 0.6) is 5.75 Å². The smallest absolute Gasteiger partial charge is 0.115 e. The number of nitrogens with one attached hydrogen (secondary N) is 2. The Balaban J connectivity index is 0.000000265. The monoisotopic (exact) mass is 599 g/mol. The molecule has 0 radical (unpaired) electrons. The number of H-pyrrole nitrogens is 2. The predicted molar refractivity (Wildman–Crippen MR) is 127 cm³/mol. The van der Waals surface area contributed by atoms with E-state index in [0.717, 1.165) is 44.8 Å². The Morgan fingerprint density at radius 1 is 0.500 bits per heavy atom. The van der Waals surface area contributed by atoms with Crippen LogP contribution in [0, 0.1) is 0 Å². The van der Waals surface area contributed by atoms with Crippen LogP contribution in [0.2, 0.25) is 0 Å². The molecule has 0 unspecified atom stereocenters. The molecular formula is C26H20N4OPt. The first kappa shape index (κ1) is 21.5. The summed E-state index contributed by atoms with van der Waals surface area (Å²) >= 11 is 0. The quantitative estimate of drug-likeness (QED) is 0.199.